The van der Waals surface area contributed by atoms with Gasteiger partial charge in [0.2, 0.25) is 0 Å². The number of benzene rings is 2. The minimum atomic E-state index is -7.08. The molecule has 2 aromatic carbocycles. The maximum atomic E-state index is 15.4. The van der Waals surface area contributed by atoms with E-state index in [1.165, 1.54) is 13.8 Å². The van der Waals surface area contributed by atoms with Crippen molar-refractivity contribution >= 4 is 0 Å². The van der Waals surface area contributed by atoms with Crippen LogP contribution in [0.3, 0.4) is 0 Å². The van der Waals surface area contributed by atoms with Crippen molar-refractivity contribution in [1.29, 1.82) is 0 Å². The van der Waals surface area contributed by atoms with Crippen LogP contribution in [0.1, 0.15) is 36.1 Å². The Labute approximate surface area is 184 Å². The fourth-order valence-corrected chi connectivity index (χ4v) is 3.43. The van der Waals surface area contributed by atoms with E-state index in [9.17, 15) is 52.7 Å². The van der Waals surface area contributed by atoms with Gasteiger partial charge in [0.15, 0.2) is 0 Å². The Hall–Kier alpha value is -2.47. The molecule has 190 valence electrons. The smallest absolute Gasteiger partial charge is 0.221 e. The summed E-state index contributed by atoms with van der Waals surface area (Å²) in [6, 6.07) is 1.27. The van der Waals surface area contributed by atoms with Crippen molar-refractivity contribution in [2.75, 3.05) is 0 Å². The van der Waals surface area contributed by atoms with Crippen LogP contribution in [-0.4, -0.2) is 18.3 Å². The summed E-state index contributed by atoms with van der Waals surface area (Å²) in [5.41, 5.74) is -14.2. The molecule has 13 heteroatoms. The van der Waals surface area contributed by atoms with Gasteiger partial charge in [0.1, 0.15) is 5.82 Å². The van der Waals surface area contributed by atoms with E-state index in [0.717, 1.165) is 6.07 Å². The molecule has 0 saturated carbocycles. The van der Waals surface area contributed by atoms with Crippen LogP contribution in [0, 0.1) is 5.82 Å². The van der Waals surface area contributed by atoms with Gasteiger partial charge in [0.25, 0.3) is 0 Å². The Morgan fingerprint density at radius 2 is 1.24 bits per heavy atom. The molecule has 0 spiro atoms. The normalized spacial score (nSPS) is 15.4. The molecule has 0 fully saturated rings. The van der Waals surface area contributed by atoms with E-state index >= 15 is 4.39 Å². The molecule has 0 aliphatic carbocycles. The van der Waals surface area contributed by atoms with Crippen molar-refractivity contribution in [2.24, 2.45) is 0 Å². The Morgan fingerprint density at radius 1 is 0.676 bits per heavy atom. The van der Waals surface area contributed by atoms with Crippen molar-refractivity contribution in [2.45, 2.75) is 56.8 Å². The molecule has 0 amide bonds. The van der Waals surface area contributed by atoms with E-state index in [2.05, 4.69) is 0 Å². The Kier molecular flexibility index (Phi) is 7.05. The lowest BCUT2D eigenvalue weighted by Gasteiger charge is -2.38. The quantitative estimate of drug-likeness (QED) is 0.351. The van der Waals surface area contributed by atoms with Crippen molar-refractivity contribution in [1.82, 2.24) is 0 Å². The third kappa shape index (κ3) is 4.45. The molecule has 0 aliphatic heterocycles. The van der Waals surface area contributed by atoms with Gasteiger partial charge >= 0.3 is 30.1 Å². The van der Waals surface area contributed by atoms with Crippen molar-refractivity contribution in [3.8, 4) is 11.1 Å². The number of hydrogen-bond acceptors (Lipinski definition) is 0. The standard InChI is InChI=1S/C21H15F13/c1-3-10-7-11(4-2)16(13-9-12(18(24,25)26)5-6-15(13)22)14(8-10)17(23,20(29,30)31)19(27,28)21(32,33)34/h5-9H,3-4H2,1-2H3. The van der Waals surface area contributed by atoms with Gasteiger partial charge in [-0.2, -0.15) is 48.3 Å². The van der Waals surface area contributed by atoms with Crippen LogP contribution in [0.25, 0.3) is 11.1 Å². The molecule has 0 nitrogen and oxygen atoms in total. The molecule has 2 rings (SSSR count). The van der Waals surface area contributed by atoms with Crippen LogP contribution >= 0.6 is 0 Å². The first kappa shape index (κ1) is 27.8. The highest BCUT2D eigenvalue weighted by molar-refractivity contribution is 5.75. The molecule has 0 N–H and O–H groups in total. The van der Waals surface area contributed by atoms with E-state index in [4.69, 9.17) is 0 Å². The lowest BCUT2D eigenvalue weighted by molar-refractivity contribution is -0.389. The predicted molar refractivity (Wildman–Crippen MR) is 95.4 cm³/mol. The zero-order valence-corrected chi connectivity index (χ0v) is 17.2. The minimum Gasteiger partial charge on any atom is -0.221 e. The van der Waals surface area contributed by atoms with Crippen LogP contribution < -0.4 is 0 Å². The lowest BCUT2D eigenvalue weighted by atomic mass is 9.79. The van der Waals surface area contributed by atoms with Crippen LogP contribution in [0.4, 0.5) is 57.1 Å². The molecule has 0 radical (unpaired) electrons. The van der Waals surface area contributed by atoms with Gasteiger partial charge < -0.3 is 0 Å². The third-order valence-electron chi connectivity index (χ3n) is 5.18. The molecule has 0 aromatic heterocycles. The van der Waals surface area contributed by atoms with Crippen LogP contribution in [-0.2, 0) is 24.7 Å². The first-order valence-electron chi connectivity index (χ1n) is 9.47. The second-order valence-electron chi connectivity index (χ2n) is 7.31. The molecule has 34 heavy (non-hydrogen) atoms. The number of halogens is 13. The van der Waals surface area contributed by atoms with E-state index in [-0.39, 0.29) is 36.2 Å². The molecule has 1 atom stereocenters. The van der Waals surface area contributed by atoms with Gasteiger partial charge in [-0.1, -0.05) is 26.0 Å². The Bertz CT molecular complexity index is 1040. The molecular weight excluding hydrogens is 499 g/mol. The molecular formula is C21H15F13. The molecule has 0 aliphatic rings. The monoisotopic (exact) mass is 514 g/mol. The first-order valence-corrected chi connectivity index (χ1v) is 9.47. The number of aryl methyl sites for hydroxylation is 2. The third-order valence-corrected chi connectivity index (χ3v) is 5.18. The summed E-state index contributed by atoms with van der Waals surface area (Å²) < 4.78 is 178. The van der Waals surface area contributed by atoms with Gasteiger partial charge in [-0.3, -0.25) is 0 Å². The Morgan fingerprint density at radius 3 is 1.65 bits per heavy atom. The van der Waals surface area contributed by atoms with Gasteiger partial charge in [-0.15, -0.1) is 0 Å². The SMILES string of the molecule is CCc1cc(CC)c(-c2cc(C(F)(F)F)ccc2F)c(C(F)(C(F)(F)F)C(F)(F)C(F)(F)F)c1. The van der Waals surface area contributed by atoms with Crippen LogP contribution in [0.5, 0.6) is 0 Å². The second kappa shape index (κ2) is 8.63. The molecule has 0 saturated heterocycles. The first-order chi connectivity index (χ1) is 15.2. The number of rotatable bonds is 5. The zero-order chi connectivity index (χ0) is 26.5. The fraction of sp³-hybridized carbons (Fsp3) is 0.429. The van der Waals surface area contributed by atoms with Gasteiger partial charge in [-0.05, 0) is 47.7 Å². The highest BCUT2D eigenvalue weighted by atomic mass is 19.4. The number of alkyl halides is 12. The van der Waals surface area contributed by atoms with Gasteiger partial charge in [-0.25, -0.2) is 8.78 Å². The summed E-state index contributed by atoms with van der Waals surface area (Å²) in [6.07, 6.45) is -19.9. The van der Waals surface area contributed by atoms with Crippen molar-refractivity contribution < 1.29 is 57.1 Å². The average Bonchev–Trinajstić information content (AvgIpc) is 2.69. The zero-order valence-electron chi connectivity index (χ0n) is 17.2. The average molecular weight is 514 g/mol. The van der Waals surface area contributed by atoms with Gasteiger partial charge in [0, 0.05) is 11.1 Å². The lowest BCUT2D eigenvalue weighted by Crippen LogP contribution is -2.60. The molecule has 2 aromatic rings. The highest BCUT2D eigenvalue weighted by Gasteiger charge is 2.82. The fourth-order valence-electron chi connectivity index (χ4n) is 3.43. The minimum absolute atomic E-state index is 0.0430. The van der Waals surface area contributed by atoms with E-state index in [1.54, 1.807) is 0 Å². The summed E-state index contributed by atoms with van der Waals surface area (Å²) in [4.78, 5) is 0. The van der Waals surface area contributed by atoms with E-state index < -0.39 is 70.2 Å². The maximum Gasteiger partial charge on any atom is 0.457 e. The van der Waals surface area contributed by atoms with Crippen LogP contribution in [0.2, 0.25) is 0 Å². The maximum absolute atomic E-state index is 15.4. The topological polar surface area (TPSA) is 0 Å². The summed E-state index contributed by atoms with van der Waals surface area (Å²) in [5.74, 6) is -8.77. The van der Waals surface area contributed by atoms with Crippen molar-refractivity contribution in [3.05, 3.63) is 58.4 Å². The summed E-state index contributed by atoms with van der Waals surface area (Å²) in [6.45, 7) is 2.43. The molecule has 0 heterocycles. The largest absolute Gasteiger partial charge is 0.457 e. The highest BCUT2D eigenvalue weighted by Crippen LogP contribution is 2.60. The van der Waals surface area contributed by atoms with Crippen LogP contribution in [0.15, 0.2) is 30.3 Å². The second-order valence-corrected chi connectivity index (χ2v) is 7.31. The number of hydrogen-bond donors (Lipinski definition) is 0. The predicted octanol–water partition coefficient (Wildman–Crippen LogP) is 8.56. The van der Waals surface area contributed by atoms with E-state index in [0.29, 0.717) is 0 Å². The summed E-state index contributed by atoms with van der Waals surface area (Å²) in [7, 11) is 0. The molecule has 1 unspecified atom stereocenters. The summed E-state index contributed by atoms with van der Waals surface area (Å²) in [5, 5.41) is 0. The van der Waals surface area contributed by atoms with Crippen molar-refractivity contribution in [3.63, 3.8) is 0 Å². The van der Waals surface area contributed by atoms with E-state index in [1.807, 2.05) is 0 Å². The Balaban J connectivity index is 3.17. The van der Waals surface area contributed by atoms with Gasteiger partial charge in [0.05, 0.1) is 5.56 Å². The molecule has 0 bridgehead atoms. The summed E-state index contributed by atoms with van der Waals surface area (Å²) >= 11 is 0.